The van der Waals surface area contributed by atoms with Crippen LogP contribution in [0.4, 0.5) is 0 Å². The van der Waals surface area contributed by atoms with E-state index in [1.165, 1.54) is 16.7 Å². The number of benzene rings is 3. The predicted molar refractivity (Wildman–Crippen MR) is 120 cm³/mol. The van der Waals surface area contributed by atoms with Gasteiger partial charge in [0.25, 0.3) is 5.91 Å². The van der Waals surface area contributed by atoms with Crippen LogP contribution in [0.5, 0.6) is 5.75 Å². The maximum atomic E-state index is 12.7. The van der Waals surface area contributed by atoms with Crippen LogP contribution in [0.15, 0.2) is 72.8 Å². The fourth-order valence-electron chi connectivity index (χ4n) is 4.09. The van der Waals surface area contributed by atoms with Crippen molar-refractivity contribution in [2.75, 3.05) is 13.7 Å². The SMILES string of the molecule is COc1ccccc1[C@@H](C)NC(=O)c1ccc(CN2CCc3ccccc3C2)cc1. The van der Waals surface area contributed by atoms with Crippen molar-refractivity contribution in [1.29, 1.82) is 0 Å². The number of para-hydroxylation sites is 1. The molecule has 0 bridgehead atoms. The number of fused-ring (bicyclic) bond motifs is 1. The van der Waals surface area contributed by atoms with Gasteiger partial charge in [-0.15, -0.1) is 0 Å². The lowest BCUT2D eigenvalue weighted by molar-refractivity contribution is 0.0939. The number of amides is 1. The quantitative estimate of drug-likeness (QED) is 0.650. The Kier molecular flexibility index (Phi) is 6.15. The van der Waals surface area contributed by atoms with Gasteiger partial charge in [0.15, 0.2) is 0 Å². The molecule has 1 aliphatic heterocycles. The normalized spacial score (nSPS) is 14.6. The second-order valence-electron chi connectivity index (χ2n) is 7.86. The number of carbonyl (C=O) groups is 1. The molecule has 0 unspecified atom stereocenters. The molecule has 0 fully saturated rings. The second kappa shape index (κ2) is 9.14. The number of ether oxygens (including phenoxy) is 1. The molecule has 1 heterocycles. The van der Waals surface area contributed by atoms with Gasteiger partial charge >= 0.3 is 0 Å². The van der Waals surface area contributed by atoms with Gasteiger partial charge in [-0.3, -0.25) is 9.69 Å². The summed E-state index contributed by atoms with van der Waals surface area (Å²) in [5.41, 5.74) is 5.75. The van der Waals surface area contributed by atoms with E-state index in [2.05, 4.69) is 46.6 Å². The van der Waals surface area contributed by atoms with Gasteiger partial charge in [-0.05, 0) is 48.2 Å². The molecule has 0 aliphatic carbocycles. The van der Waals surface area contributed by atoms with Crippen LogP contribution in [0.3, 0.4) is 0 Å². The van der Waals surface area contributed by atoms with Crippen LogP contribution in [0, 0.1) is 0 Å². The van der Waals surface area contributed by atoms with Crippen LogP contribution >= 0.6 is 0 Å². The number of hydrogen-bond donors (Lipinski definition) is 1. The van der Waals surface area contributed by atoms with Crippen molar-refractivity contribution in [3.63, 3.8) is 0 Å². The fraction of sp³-hybridized carbons (Fsp3) is 0.269. The van der Waals surface area contributed by atoms with E-state index in [1.807, 2.05) is 43.3 Å². The van der Waals surface area contributed by atoms with Crippen LogP contribution in [0.1, 0.15) is 45.6 Å². The third kappa shape index (κ3) is 4.55. The first-order chi connectivity index (χ1) is 14.6. The molecule has 3 aromatic carbocycles. The topological polar surface area (TPSA) is 41.6 Å². The molecule has 1 N–H and O–H groups in total. The van der Waals surface area contributed by atoms with E-state index in [9.17, 15) is 4.79 Å². The van der Waals surface area contributed by atoms with Crippen LogP contribution in [-0.2, 0) is 19.5 Å². The molecule has 4 heteroatoms. The first kappa shape index (κ1) is 20.2. The minimum Gasteiger partial charge on any atom is -0.496 e. The molecule has 4 nitrogen and oxygen atoms in total. The summed E-state index contributed by atoms with van der Waals surface area (Å²) in [4.78, 5) is 15.2. The number of rotatable bonds is 6. The summed E-state index contributed by atoms with van der Waals surface area (Å²) in [5.74, 6) is 0.704. The molecule has 1 amide bonds. The number of nitrogens with zero attached hydrogens (tertiary/aromatic N) is 1. The van der Waals surface area contributed by atoms with Crippen molar-refractivity contribution in [3.05, 3.63) is 101 Å². The van der Waals surface area contributed by atoms with Crippen LogP contribution < -0.4 is 10.1 Å². The smallest absolute Gasteiger partial charge is 0.251 e. The Morgan fingerprint density at radius 3 is 2.47 bits per heavy atom. The van der Waals surface area contributed by atoms with Crippen molar-refractivity contribution in [3.8, 4) is 5.75 Å². The molecule has 0 aromatic heterocycles. The highest BCUT2D eigenvalue weighted by molar-refractivity contribution is 5.94. The van der Waals surface area contributed by atoms with Crippen molar-refractivity contribution >= 4 is 5.91 Å². The zero-order valence-corrected chi connectivity index (χ0v) is 17.6. The Hall–Kier alpha value is -3.11. The molecule has 154 valence electrons. The Balaban J connectivity index is 1.37. The van der Waals surface area contributed by atoms with E-state index in [4.69, 9.17) is 4.74 Å². The summed E-state index contributed by atoms with van der Waals surface area (Å²) < 4.78 is 5.41. The average Bonchev–Trinajstić information content (AvgIpc) is 2.79. The van der Waals surface area contributed by atoms with Crippen molar-refractivity contribution < 1.29 is 9.53 Å². The van der Waals surface area contributed by atoms with E-state index in [1.54, 1.807) is 7.11 Å². The molecule has 1 aliphatic rings. The van der Waals surface area contributed by atoms with Crippen LogP contribution in [0.25, 0.3) is 0 Å². The highest BCUT2D eigenvalue weighted by atomic mass is 16.5. The van der Waals surface area contributed by atoms with Gasteiger partial charge in [0.05, 0.1) is 13.2 Å². The molecular weight excluding hydrogens is 372 g/mol. The Labute approximate surface area is 178 Å². The lowest BCUT2D eigenvalue weighted by Gasteiger charge is -2.28. The van der Waals surface area contributed by atoms with Gasteiger partial charge in [0, 0.05) is 30.8 Å². The molecule has 0 saturated heterocycles. The van der Waals surface area contributed by atoms with E-state index in [-0.39, 0.29) is 11.9 Å². The highest BCUT2D eigenvalue weighted by Crippen LogP contribution is 2.25. The van der Waals surface area contributed by atoms with Gasteiger partial charge in [-0.1, -0.05) is 54.6 Å². The minimum absolute atomic E-state index is 0.0770. The number of methoxy groups -OCH3 is 1. The van der Waals surface area contributed by atoms with Crippen molar-refractivity contribution in [1.82, 2.24) is 10.2 Å². The fourth-order valence-corrected chi connectivity index (χ4v) is 4.09. The lowest BCUT2D eigenvalue weighted by atomic mass is 9.99. The van der Waals surface area contributed by atoms with Gasteiger partial charge in [0.1, 0.15) is 5.75 Å². The first-order valence-electron chi connectivity index (χ1n) is 10.5. The second-order valence-corrected chi connectivity index (χ2v) is 7.86. The van der Waals surface area contributed by atoms with Gasteiger partial charge in [-0.25, -0.2) is 0 Å². The van der Waals surface area contributed by atoms with Crippen LogP contribution in [-0.4, -0.2) is 24.5 Å². The standard InChI is InChI=1S/C26H28N2O2/c1-19(24-9-5-6-10-25(24)30-2)27-26(29)22-13-11-20(12-14-22)17-28-16-15-21-7-3-4-8-23(21)18-28/h3-14,19H,15-18H2,1-2H3,(H,27,29)/t19-/m1/s1. The average molecular weight is 401 g/mol. The summed E-state index contributed by atoms with van der Waals surface area (Å²) in [5, 5.41) is 3.07. The molecule has 0 saturated carbocycles. The monoisotopic (exact) mass is 400 g/mol. The van der Waals surface area contributed by atoms with Gasteiger partial charge < -0.3 is 10.1 Å². The third-order valence-electron chi connectivity index (χ3n) is 5.79. The summed E-state index contributed by atoms with van der Waals surface area (Å²) in [6, 6.07) is 24.3. The zero-order chi connectivity index (χ0) is 20.9. The Morgan fingerprint density at radius 1 is 1.00 bits per heavy atom. The highest BCUT2D eigenvalue weighted by Gasteiger charge is 2.17. The summed E-state index contributed by atoms with van der Waals surface area (Å²) in [6.07, 6.45) is 1.09. The first-order valence-corrected chi connectivity index (χ1v) is 10.5. The van der Waals surface area contributed by atoms with E-state index in [0.717, 1.165) is 37.4 Å². The third-order valence-corrected chi connectivity index (χ3v) is 5.79. The largest absolute Gasteiger partial charge is 0.496 e. The Morgan fingerprint density at radius 2 is 1.70 bits per heavy atom. The van der Waals surface area contributed by atoms with Gasteiger partial charge in [-0.2, -0.15) is 0 Å². The van der Waals surface area contributed by atoms with E-state index >= 15 is 0 Å². The maximum Gasteiger partial charge on any atom is 0.251 e. The molecule has 0 radical (unpaired) electrons. The van der Waals surface area contributed by atoms with Crippen LogP contribution in [0.2, 0.25) is 0 Å². The predicted octanol–water partition coefficient (Wildman–Crippen LogP) is 4.74. The van der Waals surface area contributed by atoms with Crippen molar-refractivity contribution in [2.24, 2.45) is 0 Å². The summed E-state index contributed by atoms with van der Waals surface area (Å²) in [7, 11) is 1.65. The van der Waals surface area contributed by atoms with Gasteiger partial charge in [0.2, 0.25) is 0 Å². The maximum absolute atomic E-state index is 12.7. The number of nitrogens with one attached hydrogen (secondary N) is 1. The molecule has 4 rings (SSSR count). The summed E-state index contributed by atoms with van der Waals surface area (Å²) in [6.45, 7) is 4.91. The van der Waals surface area contributed by atoms with E-state index in [0.29, 0.717) is 5.56 Å². The Bertz CT molecular complexity index is 1010. The molecule has 1 atom stereocenters. The number of hydrogen-bond acceptors (Lipinski definition) is 3. The zero-order valence-electron chi connectivity index (χ0n) is 17.6. The molecule has 30 heavy (non-hydrogen) atoms. The molecule has 0 spiro atoms. The van der Waals surface area contributed by atoms with E-state index < -0.39 is 0 Å². The summed E-state index contributed by atoms with van der Waals surface area (Å²) >= 11 is 0. The number of carbonyl (C=O) groups excluding carboxylic acids is 1. The molecule has 3 aromatic rings. The minimum atomic E-state index is -0.137. The van der Waals surface area contributed by atoms with Crippen molar-refractivity contribution in [2.45, 2.75) is 32.5 Å². The lowest BCUT2D eigenvalue weighted by Crippen LogP contribution is -2.30. The molecular formula is C26H28N2O2.